The van der Waals surface area contributed by atoms with Crippen molar-refractivity contribution >= 4 is 11.9 Å². The highest BCUT2D eigenvalue weighted by atomic mass is 16.4. The van der Waals surface area contributed by atoms with Gasteiger partial charge in [-0.05, 0) is 37.1 Å². The summed E-state index contributed by atoms with van der Waals surface area (Å²) in [6.07, 6.45) is 1.99. The van der Waals surface area contributed by atoms with Crippen LogP contribution >= 0.6 is 0 Å². The van der Waals surface area contributed by atoms with Gasteiger partial charge in [0, 0.05) is 18.9 Å². The van der Waals surface area contributed by atoms with E-state index in [4.69, 9.17) is 0 Å². The SMILES string of the molecule is O=C(O)C1Cc2ccccc2CN1C(=O)C1CCNCC1. The number of nitrogens with one attached hydrogen (secondary N) is 1. The summed E-state index contributed by atoms with van der Waals surface area (Å²) >= 11 is 0. The maximum absolute atomic E-state index is 12.7. The van der Waals surface area contributed by atoms with E-state index in [0.29, 0.717) is 13.0 Å². The Kier molecular flexibility index (Phi) is 3.92. The van der Waals surface area contributed by atoms with Gasteiger partial charge in [-0.15, -0.1) is 0 Å². The summed E-state index contributed by atoms with van der Waals surface area (Å²) in [6, 6.07) is 7.06. The van der Waals surface area contributed by atoms with Gasteiger partial charge in [0.2, 0.25) is 5.91 Å². The van der Waals surface area contributed by atoms with Gasteiger partial charge in [0.05, 0.1) is 0 Å². The van der Waals surface area contributed by atoms with Crippen LogP contribution in [0.15, 0.2) is 24.3 Å². The largest absolute Gasteiger partial charge is 0.480 e. The molecule has 3 rings (SSSR count). The third-order valence-corrected chi connectivity index (χ3v) is 4.51. The predicted octanol–water partition coefficient (Wildman–Crippen LogP) is 1.02. The van der Waals surface area contributed by atoms with E-state index in [1.165, 1.54) is 0 Å². The molecular weight excluding hydrogens is 268 g/mol. The average molecular weight is 288 g/mol. The Labute approximate surface area is 123 Å². The summed E-state index contributed by atoms with van der Waals surface area (Å²) in [5.74, 6) is -0.955. The molecule has 2 aliphatic heterocycles. The van der Waals surface area contributed by atoms with Gasteiger partial charge in [-0.25, -0.2) is 4.79 Å². The van der Waals surface area contributed by atoms with E-state index in [1.54, 1.807) is 4.90 Å². The van der Waals surface area contributed by atoms with Gasteiger partial charge in [-0.1, -0.05) is 24.3 Å². The number of aliphatic carboxylic acids is 1. The zero-order valence-corrected chi connectivity index (χ0v) is 11.9. The fourth-order valence-corrected chi connectivity index (χ4v) is 3.28. The molecule has 2 N–H and O–H groups in total. The summed E-state index contributed by atoms with van der Waals surface area (Å²) < 4.78 is 0. The van der Waals surface area contributed by atoms with Gasteiger partial charge < -0.3 is 15.3 Å². The van der Waals surface area contributed by atoms with E-state index in [0.717, 1.165) is 37.1 Å². The molecule has 0 aliphatic carbocycles. The van der Waals surface area contributed by atoms with Crippen molar-refractivity contribution in [2.45, 2.75) is 31.8 Å². The van der Waals surface area contributed by atoms with Crippen molar-refractivity contribution in [3.63, 3.8) is 0 Å². The van der Waals surface area contributed by atoms with E-state index in [2.05, 4.69) is 5.32 Å². The molecule has 1 atom stereocenters. The highest BCUT2D eigenvalue weighted by molar-refractivity contribution is 5.86. The lowest BCUT2D eigenvalue weighted by Gasteiger charge is -2.37. The quantitative estimate of drug-likeness (QED) is 0.852. The van der Waals surface area contributed by atoms with E-state index >= 15 is 0 Å². The first-order valence-corrected chi connectivity index (χ1v) is 7.47. The molecule has 1 fully saturated rings. The third kappa shape index (κ3) is 2.78. The van der Waals surface area contributed by atoms with E-state index < -0.39 is 12.0 Å². The standard InChI is InChI=1S/C16H20N2O3/c19-15(11-5-7-17-8-6-11)18-10-13-4-2-1-3-12(13)9-14(18)16(20)21/h1-4,11,14,17H,5-10H2,(H,20,21). The van der Waals surface area contributed by atoms with E-state index in [9.17, 15) is 14.7 Å². The van der Waals surface area contributed by atoms with Crippen LogP contribution in [-0.4, -0.2) is 41.0 Å². The van der Waals surface area contributed by atoms with Crippen LogP contribution in [0.5, 0.6) is 0 Å². The zero-order chi connectivity index (χ0) is 14.8. The summed E-state index contributed by atoms with van der Waals surface area (Å²) in [5.41, 5.74) is 2.11. The molecule has 2 aliphatic rings. The van der Waals surface area contributed by atoms with Crippen LogP contribution in [-0.2, 0) is 22.6 Å². The zero-order valence-electron chi connectivity index (χ0n) is 11.9. The second-order valence-electron chi connectivity index (χ2n) is 5.82. The molecule has 0 bridgehead atoms. The minimum absolute atomic E-state index is 0.00148. The molecular formula is C16H20N2O3. The number of carbonyl (C=O) groups excluding carboxylic acids is 1. The molecule has 1 amide bonds. The predicted molar refractivity (Wildman–Crippen MR) is 77.7 cm³/mol. The number of rotatable bonds is 2. The fraction of sp³-hybridized carbons (Fsp3) is 0.500. The fourth-order valence-electron chi connectivity index (χ4n) is 3.28. The maximum atomic E-state index is 12.7. The Balaban J connectivity index is 1.85. The number of fused-ring (bicyclic) bond motifs is 1. The molecule has 1 aromatic carbocycles. The molecule has 0 saturated carbocycles. The molecule has 0 spiro atoms. The Morgan fingerprint density at radius 2 is 1.81 bits per heavy atom. The van der Waals surface area contributed by atoms with Crippen LogP contribution in [0.3, 0.4) is 0 Å². The smallest absolute Gasteiger partial charge is 0.326 e. The number of carboxylic acids is 1. The summed E-state index contributed by atoms with van der Waals surface area (Å²) in [4.78, 5) is 25.8. The monoisotopic (exact) mass is 288 g/mol. The molecule has 1 aromatic rings. The molecule has 2 heterocycles. The van der Waals surface area contributed by atoms with Crippen molar-refractivity contribution in [2.75, 3.05) is 13.1 Å². The topological polar surface area (TPSA) is 69.6 Å². The lowest BCUT2D eigenvalue weighted by molar-refractivity contribution is -0.153. The average Bonchev–Trinajstić information content (AvgIpc) is 2.53. The van der Waals surface area contributed by atoms with Crippen LogP contribution in [0.25, 0.3) is 0 Å². The molecule has 1 saturated heterocycles. The van der Waals surface area contributed by atoms with Crippen LogP contribution in [0.1, 0.15) is 24.0 Å². The molecule has 0 aromatic heterocycles. The van der Waals surface area contributed by atoms with Crippen molar-refractivity contribution < 1.29 is 14.7 Å². The Hall–Kier alpha value is -1.88. The minimum Gasteiger partial charge on any atom is -0.480 e. The first-order valence-electron chi connectivity index (χ1n) is 7.47. The lowest BCUT2D eigenvalue weighted by Crippen LogP contribution is -2.51. The van der Waals surface area contributed by atoms with Crippen LogP contribution in [0.2, 0.25) is 0 Å². The molecule has 21 heavy (non-hydrogen) atoms. The molecule has 1 unspecified atom stereocenters. The highest BCUT2D eigenvalue weighted by Gasteiger charge is 2.37. The third-order valence-electron chi connectivity index (χ3n) is 4.51. The Morgan fingerprint density at radius 3 is 2.48 bits per heavy atom. The second kappa shape index (κ2) is 5.85. The van der Waals surface area contributed by atoms with E-state index in [-0.39, 0.29) is 11.8 Å². The number of benzene rings is 1. The normalized spacial score (nSPS) is 22.7. The van der Waals surface area contributed by atoms with Gasteiger partial charge in [0.1, 0.15) is 6.04 Å². The minimum atomic E-state index is -0.910. The number of amides is 1. The summed E-state index contributed by atoms with van der Waals surface area (Å²) in [7, 11) is 0. The Bertz CT molecular complexity index is 552. The number of nitrogens with zero attached hydrogens (tertiary/aromatic N) is 1. The van der Waals surface area contributed by atoms with Crippen molar-refractivity contribution in [1.29, 1.82) is 0 Å². The lowest BCUT2D eigenvalue weighted by atomic mass is 9.90. The van der Waals surface area contributed by atoms with Gasteiger partial charge in [0.25, 0.3) is 0 Å². The number of hydrogen-bond acceptors (Lipinski definition) is 3. The summed E-state index contributed by atoms with van der Waals surface area (Å²) in [5, 5.41) is 12.7. The van der Waals surface area contributed by atoms with Crippen molar-refractivity contribution in [1.82, 2.24) is 10.2 Å². The number of carbonyl (C=O) groups is 2. The number of hydrogen-bond donors (Lipinski definition) is 2. The van der Waals surface area contributed by atoms with Crippen LogP contribution in [0.4, 0.5) is 0 Å². The van der Waals surface area contributed by atoms with Crippen molar-refractivity contribution in [3.05, 3.63) is 35.4 Å². The molecule has 0 radical (unpaired) electrons. The first-order chi connectivity index (χ1) is 10.2. The molecule has 112 valence electrons. The first kappa shape index (κ1) is 14.1. The molecule has 5 nitrogen and oxygen atoms in total. The maximum Gasteiger partial charge on any atom is 0.326 e. The van der Waals surface area contributed by atoms with E-state index in [1.807, 2.05) is 24.3 Å². The van der Waals surface area contributed by atoms with Gasteiger partial charge in [0.15, 0.2) is 0 Å². The molecule has 5 heteroatoms. The van der Waals surface area contributed by atoms with Gasteiger partial charge >= 0.3 is 5.97 Å². The van der Waals surface area contributed by atoms with Gasteiger partial charge in [-0.2, -0.15) is 0 Å². The number of carboxylic acid groups (broad SMARTS) is 1. The second-order valence-corrected chi connectivity index (χ2v) is 5.82. The van der Waals surface area contributed by atoms with Crippen LogP contribution < -0.4 is 5.32 Å². The van der Waals surface area contributed by atoms with Crippen LogP contribution in [0, 0.1) is 5.92 Å². The summed E-state index contributed by atoms with van der Waals surface area (Å²) in [6.45, 7) is 2.08. The van der Waals surface area contributed by atoms with Crippen molar-refractivity contribution in [3.8, 4) is 0 Å². The van der Waals surface area contributed by atoms with Crippen molar-refractivity contribution in [2.24, 2.45) is 5.92 Å². The highest BCUT2D eigenvalue weighted by Crippen LogP contribution is 2.27. The van der Waals surface area contributed by atoms with Gasteiger partial charge in [-0.3, -0.25) is 4.79 Å². The Morgan fingerprint density at radius 1 is 1.14 bits per heavy atom. The number of piperidine rings is 1.